The van der Waals surface area contributed by atoms with Gasteiger partial charge >= 0.3 is 5.97 Å². The lowest BCUT2D eigenvalue weighted by Gasteiger charge is -2.12. The van der Waals surface area contributed by atoms with Crippen LogP contribution in [-0.4, -0.2) is 13.1 Å². The van der Waals surface area contributed by atoms with Gasteiger partial charge < -0.3 is 4.74 Å². The van der Waals surface area contributed by atoms with Crippen molar-refractivity contribution in [3.8, 4) is 6.07 Å². The van der Waals surface area contributed by atoms with E-state index in [0.29, 0.717) is 0 Å². The smallest absolute Gasteiger partial charge is 0.338 e. The summed E-state index contributed by atoms with van der Waals surface area (Å²) in [5, 5.41) is 8.97. The molecule has 0 saturated carbocycles. The second kappa shape index (κ2) is 5.73. The SMILES string of the molecule is COC(=O)c1c(C(F)F)ccc(C#N)c1CBr. The molecule has 0 heterocycles. The topological polar surface area (TPSA) is 50.1 Å². The normalized spacial score (nSPS) is 10.1. The summed E-state index contributed by atoms with van der Waals surface area (Å²) in [6.07, 6.45) is -2.80. The van der Waals surface area contributed by atoms with Gasteiger partial charge in [0.1, 0.15) is 0 Å². The lowest BCUT2D eigenvalue weighted by Crippen LogP contribution is -2.11. The number of nitrogens with zero attached hydrogens (tertiary/aromatic N) is 1. The van der Waals surface area contributed by atoms with Gasteiger partial charge in [-0.25, -0.2) is 13.6 Å². The van der Waals surface area contributed by atoms with Crippen LogP contribution in [0.2, 0.25) is 0 Å². The van der Waals surface area contributed by atoms with E-state index in [1.54, 1.807) is 0 Å². The third-order valence-electron chi connectivity index (χ3n) is 2.22. The van der Waals surface area contributed by atoms with Crippen molar-refractivity contribution in [2.75, 3.05) is 7.11 Å². The maximum absolute atomic E-state index is 12.8. The van der Waals surface area contributed by atoms with Crippen LogP contribution in [-0.2, 0) is 10.1 Å². The predicted octanol–water partition coefficient (Wildman–Crippen LogP) is 3.18. The van der Waals surface area contributed by atoms with Gasteiger partial charge in [0, 0.05) is 10.9 Å². The summed E-state index contributed by atoms with van der Waals surface area (Å²) in [7, 11) is 1.11. The fourth-order valence-corrected chi connectivity index (χ4v) is 2.02. The molecule has 0 bridgehead atoms. The Morgan fingerprint density at radius 2 is 2.24 bits per heavy atom. The van der Waals surface area contributed by atoms with Crippen molar-refractivity contribution in [2.45, 2.75) is 11.8 Å². The molecule has 0 aliphatic rings. The summed E-state index contributed by atoms with van der Waals surface area (Å²) in [5.41, 5.74) is -0.271. The molecule has 90 valence electrons. The van der Waals surface area contributed by atoms with Gasteiger partial charge in [0.05, 0.1) is 24.3 Å². The maximum Gasteiger partial charge on any atom is 0.338 e. The molecule has 0 unspecified atom stereocenters. The zero-order valence-electron chi connectivity index (χ0n) is 8.84. The van der Waals surface area contributed by atoms with E-state index in [1.807, 2.05) is 6.07 Å². The van der Waals surface area contributed by atoms with E-state index in [2.05, 4.69) is 20.7 Å². The number of methoxy groups -OCH3 is 1. The van der Waals surface area contributed by atoms with Crippen molar-refractivity contribution >= 4 is 21.9 Å². The van der Waals surface area contributed by atoms with Gasteiger partial charge in [-0.1, -0.05) is 22.0 Å². The second-order valence-corrected chi connectivity index (χ2v) is 3.65. The first-order valence-corrected chi connectivity index (χ1v) is 5.67. The minimum atomic E-state index is -2.80. The molecule has 0 N–H and O–H groups in total. The van der Waals surface area contributed by atoms with Gasteiger partial charge in [-0.05, 0) is 11.6 Å². The Bertz CT molecular complexity index is 483. The van der Waals surface area contributed by atoms with Crippen LogP contribution < -0.4 is 0 Å². The molecule has 1 aromatic rings. The fourth-order valence-electron chi connectivity index (χ4n) is 1.43. The van der Waals surface area contributed by atoms with Crippen LogP contribution >= 0.6 is 15.9 Å². The van der Waals surface area contributed by atoms with Crippen molar-refractivity contribution in [1.29, 1.82) is 5.26 Å². The van der Waals surface area contributed by atoms with Gasteiger partial charge in [-0.3, -0.25) is 0 Å². The number of carbonyl (C=O) groups excluding carboxylic acids is 1. The van der Waals surface area contributed by atoms with Crippen molar-refractivity contribution < 1.29 is 18.3 Å². The highest BCUT2D eigenvalue weighted by atomic mass is 79.9. The molecule has 6 heteroatoms. The molecule has 0 atom stereocenters. The number of nitriles is 1. The van der Waals surface area contributed by atoms with Gasteiger partial charge in [0.25, 0.3) is 6.43 Å². The number of halogens is 3. The molecular formula is C11H8BrF2NO2. The highest BCUT2D eigenvalue weighted by Gasteiger charge is 2.24. The van der Waals surface area contributed by atoms with Crippen LogP contribution in [0.4, 0.5) is 8.78 Å². The van der Waals surface area contributed by atoms with E-state index in [9.17, 15) is 13.6 Å². The van der Waals surface area contributed by atoms with E-state index in [-0.39, 0.29) is 22.0 Å². The molecule has 17 heavy (non-hydrogen) atoms. The molecule has 0 amide bonds. The zero-order valence-corrected chi connectivity index (χ0v) is 10.4. The molecule has 1 aromatic carbocycles. The van der Waals surface area contributed by atoms with Gasteiger partial charge in [-0.2, -0.15) is 5.26 Å². The summed E-state index contributed by atoms with van der Waals surface area (Å²) in [6, 6.07) is 4.19. The number of ether oxygens (including phenoxy) is 1. The number of carbonyl (C=O) groups is 1. The fraction of sp³-hybridized carbons (Fsp3) is 0.273. The molecule has 0 aromatic heterocycles. The number of rotatable bonds is 3. The van der Waals surface area contributed by atoms with Crippen molar-refractivity contribution in [1.82, 2.24) is 0 Å². The van der Waals surface area contributed by atoms with Gasteiger partial charge in [0.2, 0.25) is 0 Å². The molecule has 1 rings (SSSR count). The van der Waals surface area contributed by atoms with Crippen molar-refractivity contribution in [3.05, 3.63) is 34.4 Å². The Hall–Kier alpha value is -1.48. The van der Waals surface area contributed by atoms with E-state index < -0.39 is 18.0 Å². The van der Waals surface area contributed by atoms with Crippen LogP contribution in [0.25, 0.3) is 0 Å². The molecule has 3 nitrogen and oxygen atoms in total. The Morgan fingerprint density at radius 3 is 2.65 bits per heavy atom. The summed E-state index contributed by atoms with van der Waals surface area (Å²) >= 11 is 3.08. The van der Waals surface area contributed by atoms with E-state index in [4.69, 9.17) is 5.26 Å². The average Bonchev–Trinajstić information content (AvgIpc) is 2.35. The average molecular weight is 304 g/mol. The molecular weight excluding hydrogens is 296 g/mol. The number of esters is 1. The van der Waals surface area contributed by atoms with Gasteiger partial charge in [0.15, 0.2) is 0 Å². The Labute approximate surface area is 105 Å². The Kier molecular flexibility index (Phi) is 4.58. The molecule has 0 fully saturated rings. The molecule has 0 aliphatic heterocycles. The lowest BCUT2D eigenvalue weighted by molar-refractivity contribution is 0.0588. The van der Waals surface area contributed by atoms with Crippen molar-refractivity contribution in [3.63, 3.8) is 0 Å². The van der Waals surface area contributed by atoms with Gasteiger partial charge in [-0.15, -0.1) is 0 Å². The first kappa shape index (κ1) is 13.6. The largest absolute Gasteiger partial charge is 0.465 e. The predicted molar refractivity (Wildman–Crippen MR) is 60.1 cm³/mol. The Balaban J connectivity index is 3.57. The van der Waals surface area contributed by atoms with E-state index in [0.717, 1.165) is 13.2 Å². The number of alkyl halides is 3. The number of benzene rings is 1. The van der Waals surface area contributed by atoms with Crippen LogP contribution in [0.15, 0.2) is 12.1 Å². The Morgan fingerprint density at radius 1 is 1.59 bits per heavy atom. The number of hydrogen-bond donors (Lipinski definition) is 0. The third kappa shape index (κ3) is 2.61. The molecule has 0 spiro atoms. The van der Waals surface area contributed by atoms with Crippen molar-refractivity contribution in [2.24, 2.45) is 0 Å². The van der Waals surface area contributed by atoms with Crippen LogP contribution in [0, 0.1) is 11.3 Å². The summed E-state index contributed by atoms with van der Waals surface area (Å²) in [6.45, 7) is 0. The zero-order chi connectivity index (χ0) is 13.0. The second-order valence-electron chi connectivity index (χ2n) is 3.09. The molecule has 0 saturated heterocycles. The van der Waals surface area contributed by atoms with Crippen LogP contribution in [0.1, 0.15) is 33.5 Å². The minimum Gasteiger partial charge on any atom is -0.465 e. The lowest BCUT2D eigenvalue weighted by atomic mass is 9.97. The monoisotopic (exact) mass is 303 g/mol. The quantitative estimate of drug-likeness (QED) is 0.636. The van der Waals surface area contributed by atoms with Crippen LogP contribution in [0.5, 0.6) is 0 Å². The molecule has 0 aliphatic carbocycles. The highest BCUT2D eigenvalue weighted by Crippen LogP contribution is 2.29. The first-order chi connectivity index (χ1) is 8.06. The first-order valence-electron chi connectivity index (χ1n) is 4.55. The van der Waals surface area contributed by atoms with E-state index >= 15 is 0 Å². The summed E-state index contributed by atoms with van der Waals surface area (Å²) in [4.78, 5) is 11.5. The minimum absolute atomic E-state index is 0.126. The highest BCUT2D eigenvalue weighted by molar-refractivity contribution is 9.08. The summed E-state index contributed by atoms with van der Waals surface area (Å²) in [5.74, 6) is -0.869. The van der Waals surface area contributed by atoms with E-state index in [1.165, 1.54) is 6.07 Å². The third-order valence-corrected chi connectivity index (χ3v) is 2.78. The number of hydrogen-bond acceptors (Lipinski definition) is 3. The maximum atomic E-state index is 12.8. The molecule has 0 radical (unpaired) electrons. The van der Waals surface area contributed by atoms with Crippen LogP contribution in [0.3, 0.4) is 0 Å². The standard InChI is InChI=1S/C11H8BrF2NO2/c1-17-11(16)9-7(10(13)14)3-2-6(5-15)8(9)4-12/h2-3,10H,4H2,1H3. The summed E-state index contributed by atoms with van der Waals surface area (Å²) < 4.78 is 30.0.